The van der Waals surface area contributed by atoms with Crippen LogP contribution in [-0.2, 0) is 0 Å². The molecule has 3 heteroatoms. The molecule has 0 aromatic carbocycles. The van der Waals surface area contributed by atoms with Gasteiger partial charge in [0.1, 0.15) is 0 Å². The molecule has 2 amide bonds. The minimum absolute atomic E-state index is 0.0803. The van der Waals surface area contributed by atoms with E-state index < -0.39 is 0 Å². The zero-order valence-electron chi connectivity index (χ0n) is 12.8. The second kappa shape index (κ2) is 6.44. The van der Waals surface area contributed by atoms with E-state index in [9.17, 15) is 4.79 Å². The van der Waals surface area contributed by atoms with Crippen LogP contribution in [0, 0.1) is 11.3 Å². The zero-order chi connectivity index (χ0) is 13.8. The Bertz CT molecular complexity index is 262. The summed E-state index contributed by atoms with van der Waals surface area (Å²) in [5.41, 5.74) is 0.434. The Morgan fingerprint density at radius 3 is 2.22 bits per heavy atom. The number of carbonyl (C=O) groups is 1. The van der Waals surface area contributed by atoms with Crippen LogP contribution in [0.15, 0.2) is 0 Å². The van der Waals surface area contributed by atoms with Crippen molar-refractivity contribution in [1.29, 1.82) is 0 Å². The van der Waals surface area contributed by atoms with Gasteiger partial charge in [0.05, 0.1) is 0 Å². The Morgan fingerprint density at radius 2 is 1.78 bits per heavy atom. The highest BCUT2D eigenvalue weighted by Crippen LogP contribution is 2.35. The molecule has 0 aromatic rings. The minimum atomic E-state index is 0.0803. The van der Waals surface area contributed by atoms with Crippen LogP contribution in [0.1, 0.15) is 59.8 Å². The molecule has 0 aromatic heterocycles. The van der Waals surface area contributed by atoms with Crippen molar-refractivity contribution < 1.29 is 4.79 Å². The largest absolute Gasteiger partial charge is 0.338 e. The van der Waals surface area contributed by atoms with Gasteiger partial charge in [-0.25, -0.2) is 4.79 Å². The molecule has 1 fully saturated rings. The Balaban J connectivity index is 2.37. The molecule has 1 rings (SSSR count). The van der Waals surface area contributed by atoms with Crippen LogP contribution in [-0.4, -0.2) is 30.6 Å². The molecule has 1 saturated carbocycles. The number of rotatable bonds is 3. The molecule has 0 atom stereocenters. The number of nitrogens with zero attached hydrogens (tertiary/aromatic N) is 1. The van der Waals surface area contributed by atoms with Crippen molar-refractivity contribution in [3.63, 3.8) is 0 Å². The Morgan fingerprint density at radius 1 is 1.22 bits per heavy atom. The maximum atomic E-state index is 11.8. The van der Waals surface area contributed by atoms with E-state index in [1.807, 2.05) is 18.9 Å². The Labute approximate surface area is 112 Å². The van der Waals surface area contributed by atoms with E-state index in [1.165, 1.54) is 19.3 Å². The highest BCUT2D eigenvalue weighted by Gasteiger charge is 2.28. The molecular formula is C15H30N2O. The second-order valence-corrected chi connectivity index (χ2v) is 6.89. The smallest absolute Gasteiger partial charge is 0.317 e. The van der Waals surface area contributed by atoms with Gasteiger partial charge in [0.25, 0.3) is 0 Å². The lowest BCUT2D eigenvalue weighted by Gasteiger charge is -2.36. The molecule has 1 N–H and O–H groups in total. The maximum absolute atomic E-state index is 11.8. The van der Waals surface area contributed by atoms with Gasteiger partial charge in [-0.05, 0) is 50.4 Å². The van der Waals surface area contributed by atoms with Gasteiger partial charge in [-0.15, -0.1) is 0 Å². The lowest BCUT2D eigenvalue weighted by Crippen LogP contribution is -2.45. The molecule has 0 aliphatic heterocycles. The molecule has 18 heavy (non-hydrogen) atoms. The highest BCUT2D eigenvalue weighted by atomic mass is 16.2. The van der Waals surface area contributed by atoms with E-state index in [-0.39, 0.29) is 6.03 Å². The third-order valence-electron chi connectivity index (χ3n) is 3.91. The number of nitrogens with one attached hydrogen (secondary N) is 1. The fraction of sp³-hybridized carbons (Fsp3) is 0.933. The van der Waals surface area contributed by atoms with E-state index >= 15 is 0 Å². The van der Waals surface area contributed by atoms with Crippen molar-refractivity contribution in [2.24, 2.45) is 11.3 Å². The van der Waals surface area contributed by atoms with Crippen molar-refractivity contribution in [1.82, 2.24) is 10.2 Å². The number of urea groups is 1. The Kier molecular flexibility index (Phi) is 5.48. The topological polar surface area (TPSA) is 32.3 Å². The molecule has 106 valence electrons. The van der Waals surface area contributed by atoms with Crippen LogP contribution < -0.4 is 5.32 Å². The van der Waals surface area contributed by atoms with Gasteiger partial charge < -0.3 is 10.2 Å². The van der Waals surface area contributed by atoms with Gasteiger partial charge in [0.2, 0.25) is 0 Å². The third-order valence-corrected chi connectivity index (χ3v) is 3.91. The number of amides is 2. The van der Waals surface area contributed by atoms with E-state index in [4.69, 9.17) is 0 Å². The van der Waals surface area contributed by atoms with Crippen molar-refractivity contribution in [3.8, 4) is 0 Å². The molecule has 1 aliphatic rings. The second-order valence-electron chi connectivity index (χ2n) is 6.89. The summed E-state index contributed by atoms with van der Waals surface area (Å²) in [6, 6.07) is 0.518. The predicted octanol–water partition coefficient (Wildman–Crippen LogP) is 3.64. The summed E-state index contributed by atoms with van der Waals surface area (Å²) in [5.74, 6) is 0.851. The number of hydrogen-bond donors (Lipinski definition) is 1. The number of hydrogen-bond acceptors (Lipinski definition) is 1. The average molecular weight is 254 g/mol. The van der Waals surface area contributed by atoms with Crippen molar-refractivity contribution in [3.05, 3.63) is 0 Å². The Hall–Kier alpha value is -0.730. The van der Waals surface area contributed by atoms with Crippen molar-refractivity contribution in [2.45, 2.75) is 65.8 Å². The van der Waals surface area contributed by atoms with Crippen LogP contribution in [0.25, 0.3) is 0 Å². The van der Waals surface area contributed by atoms with Crippen LogP contribution in [0.2, 0.25) is 0 Å². The molecular weight excluding hydrogens is 224 g/mol. The standard InChI is InChI=1S/C15H30N2O/c1-6-16-14(18)17(5)13-9-7-12(8-10-13)11-15(2,3)4/h12-13H,6-11H2,1-5H3,(H,16,18). The summed E-state index contributed by atoms with van der Waals surface area (Å²) in [7, 11) is 1.93. The fourth-order valence-corrected chi connectivity index (χ4v) is 3.04. The summed E-state index contributed by atoms with van der Waals surface area (Å²) in [4.78, 5) is 13.7. The van der Waals surface area contributed by atoms with E-state index in [0.717, 1.165) is 18.8 Å². The molecule has 0 saturated heterocycles. The molecule has 0 spiro atoms. The van der Waals surface area contributed by atoms with Crippen LogP contribution in [0.4, 0.5) is 4.79 Å². The van der Waals surface area contributed by atoms with Gasteiger partial charge in [0.15, 0.2) is 0 Å². The van der Waals surface area contributed by atoms with Gasteiger partial charge in [-0.1, -0.05) is 20.8 Å². The first kappa shape index (κ1) is 15.3. The molecule has 0 bridgehead atoms. The normalized spacial score (nSPS) is 24.7. The summed E-state index contributed by atoms with van der Waals surface area (Å²) < 4.78 is 0. The third kappa shape index (κ3) is 4.87. The van der Waals surface area contributed by atoms with Gasteiger partial charge in [-0.3, -0.25) is 0 Å². The van der Waals surface area contributed by atoms with E-state index in [1.54, 1.807) is 0 Å². The lowest BCUT2D eigenvalue weighted by atomic mass is 9.76. The van der Waals surface area contributed by atoms with Gasteiger partial charge >= 0.3 is 6.03 Å². The predicted molar refractivity (Wildman–Crippen MR) is 76.7 cm³/mol. The van der Waals surface area contributed by atoms with Crippen molar-refractivity contribution in [2.75, 3.05) is 13.6 Å². The first-order valence-electron chi connectivity index (χ1n) is 7.34. The number of carbonyl (C=O) groups excluding carboxylic acids is 1. The summed E-state index contributed by atoms with van der Waals surface area (Å²) >= 11 is 0. The SMILES string of the molecule is CCNC(=O)N(C)C1CCC(CC(C)(C)C)CC1. The van der Waals surface area contributed by atoms with Crippen LogP contribution in [0.5, 0.6) is 0 Å². The summed E-state index contributed by atoms with van der Waals surface area (Å²) in [6.45, 7) is 9.63. The molecule has 1 aliphatic carbocycles. The van der Waals surface area contributed by atoms with Crippen LogP contribution in [0.3, 0.4) is 0 Å². The molecule has 0 radical (unpaired) electrons. The van der Waals surface area contributed by atoms with Crippen LogP contribution >= 0.6 is 0 Å². The first-order chi connectivity index (χ1) is 8.33. The maximum Gasteiger partial charge on any atom is 0.317 e. The monoisotopic (exact) mass is 254 g/mol. The molecule has 3 nitrogen and oxygen atoms in total. The fourth-order valence-electron chi connectivity index (χ4n) is 3.04. The highest BCUT2D eigenvalue weighted by molar-refractivity contribution is 5.74. The van der Waals surface area contributed by atoms with E-state index in [0.29, 0.717) is 18.0 Å². The van der Waals surface area contributed by atoms with E-state index in [2.05, 4.69) is 26.1 Å². The first-order valence-corrected chi connectivity index (χ1v) is 7.34. The zero-order valence-corrected chi connectivity index (χ0v) is 12.8. The minimum Gasteiger partial charge on any atom is -0.338 e. The summed E-state index contributed by atoms with van der Waals surface area (Å²) in [6.07, 6.45) is 6.17. The van der Waals surface area contributed by atoms with Gasteiger partial charge in [0, 0.05) is 19.6 Å². The lowest BCUT2D eigenvalue weighted by molar-refractivity contribution is 0.147. The average Bonchev–Trinajstić information content (AvgIpc) is 2.27. The van der Waals surface area contributed by atoms with Gasteiger partial charge in [-0.2, -0.15) is 0 Å². The molecule has 0 heterocycles. The summed E-state index contributed by atoms with van der Waals surface area (Å²) in [5, 5.41) is 2.88. The quantitative estimate of drug-likeness (QED) is 0.819. The molecule has 0 unspecified atom stereocenters. The van der Waals surface area contributed by atoms with Crippen molar-refractivity contribution >= 4 is 6.03 Å².